The molecule has 3 N–H and O–H groups in total. The molecule has 8 nitrogen and oxygen atoms in total. The van der Waals surface area contributed by atoms with Gasteiger partial charge < -0.3 is 20.7 Å². The zero-order valence-corrected chi connectivity index (χ0v) is 26.6. The number of carbonyl (C=O) groups is 4. The van der Waals surface area contributed by atoms with Crippen LogP contribution in [0.2, 0.25) is 0 Å². The molecule has 1 heterocycles. The molecule has 45 heavy (non-hydrogen) atoms. The highest BCUT2D eigenvalue weighted by molar-refractivity contribution is 5.94. The fourth-order valence-electron chi connectivity index (χ4n) is 5.43. The normalized spacial score (nSPS) is 14.4. The fourth-order valence-corrected chi connectivity index (χ4v) is 5.43. The van der Waals surface area contributed by atoms with Gasteiger partial charge in [-0.05, 0) is 24.8 Å². The Morgan fingerprint density at radius 1 is 0.822 bits per heavy atom. The summed E-state index contributed by atoms with van der Waals surface area (Å²) in [6.45, 7) is 2.96. The van der Waals surface area contributed by atoms with Gasteiger partial charge in [0.1, 0.15) is 18.7 Å². The number of hydrogen-bond donors (Lipinski definition) is 3. The van der Waals surface area contributed by atoms with E-state index < -0.39 is 24.0 Å². The molecule has 0 bridgehead atoms. The fraction of sp³-hybridized carbons (Fsp3) is 0.730. The van der Waals surface area contributed by atoms with Crippen molar-refractivity contribution >= 4 is 23.7 Å². The summed E-state index contributed by atoms with van der Waals surface area (Å²) in [6, 6.07) is 7.88. The SMILES string of the molecule is C.C.CCCCCCCCCCCCCCCCCCNC(=O)C(CCC(=O)OCc1ccccc1)NC(=O)C1CCC(=O)N1. The molecule has 0 radical (unpaired) electrons. The molecule has 0 spiro atoms. The van der Waals surface area contributed by atoms with Gasteiger partial charge in [0.15, 0.2) is 0 Å². The number of amides is 3. The first-order valence-electron chi connectivity index (χ1n) is 17.1. The zero-order valence-electron chi connectivity index (χ0n) is 26.6. The van der Waals surface area contributed by atoms with Crippen LogP contribution in [0.5, 0.6) is 0 Å². The van der Waals surface area contributed by atoms with Gasteiger partial charge in [-0.3, -0.25) is 19.2 Å². The van der Waals surface area contributed by atoms with Crippen LogP contribution in [0.3, 0.4) is 0 Å². The largest absolute Gasteiger partial charge is 0.461 e. The van der Waals surface area contributed by atoms with Crippen molar-refractivity contribution in [2.75, 3.05) is 6.54 Å². The monoisotopic (exact) mass is 631 g/mol. The van der Waals surface area contributed by atoms with E-state index in [4.69, 9.17) is 4.74 Å². The van der Waals surface area contributed by atoms with Gasteiger partial charge in [0.05, 0.1) is 0 Å². The Balaban J connectivity index is 0.00000968. The van der Waals surface area contributed by atoms with Gasteiger partial charge >= 0.3 is 5.97 Å². The Hall–Kier alpha value is -2.90. The Morgan fingerprint density at radius 2 is 1.36 bits per heavy atom. The maximum absolute atomic E-state index is 12.9. The van der Waals surface area contributed by atoms with E-state index in [0.717, 1.165) is 24.8 Å². The zero-order chi connectivity index (χ0) is 31.0. The van der Waals surface area contributed by atoms with Crippen molar-refractivity contribution in [3.63, 3.8) is 0 Å². The first-order valence-corrected chi connectivity index (χ1v) is 17.1. The van der Waals surface area contributed by atoms with E-state index in [9.17, 15) is 19.2 Å². The van der Waals surface area contributed by atoms with Crippen LogP contribution < -0.4 is 16.0 Å². The van der Waals surface area contributed by atoms with Gasteiger partial charge in [-0.1, -0.05) is 148 Å². The van der Waals surface area contributed by atoms with Crippen molar-refractivity contribution < 1.29 is 23.9 Å². The van der Waals surface area contributed by atoms with Gasteiger partial charge in [-0.15, -0.1) is 0 Å². The molecule has 0 aromatic heterocycles. The molecule has 2 atom stereocenters. The van der Waals surface area contributed by atoms with E-state index in [-0.39, 0.29) is 46.1 Å². The minimum atomic E-state index is -0.865. The number of ether oxygens (including phenoxy) is 1. The summed E-state index contributed by atoms with van der Waals surface area (Å²) < 4.78 is 5.33. The highest BCUT2D eigenvalue weighted by atomic mass is 16.5. The summed E-state index contributed by atoms with van der Waals surface area (Å²) in [6.07, 6.45) is 21.5. The number of nitrogens with one attached hydrogen (secondary N) is 3. The highest BCUT2D eigenvalue weighted by Gasteiger charge is 2.30. The molecule has 1 aliphatic heterocycles. The van der Waals surface area contributed by atoms with Crippen molar-refractivity contribution in [3.05, 3.63) is 35.9 Å². The van der Waals surface area contributed by atoms with Gasteiger partial charge in [-0.2, -0.15) is 0 Å². The molecule has 0 saturated carbocycles. The van der Waals surface area contributed by atoms with E-state index in [1.165, 1.54) is 83.5 Å². The van der Waals surface area contributed by atoms with Crippen LogP contribution in [0.1, 0.15) is 156 Å². The summed E-state index contributed by atoms with van der Waals surface area (Å²) in [5.41, 5.74) is 0.884. The molecule has 3 amide bonds. The minimum Gasteiger partial charge on any atom is -0.461 e. The summed E-state index contributed by atoms with van der Waals surface area (Å²) in [5.74, 6) is -1.31. The molecule has 8 heteroatoms. The lowest BCUT2D eigenvalue weighted by Crippen LogP contribution is -2.52. The Labute approximate surface area is 274 Å². The van der Waals surface area contributed by atoms with Crippen molar-refractivity contribution in [3.8, 4) is 0 Å². The maximum atomic E-state index is 12.9. The minimum absolute atomic E-state index is 0. The number of carbonyl (C=O) groups excluding carboxylic acids is 4. The first-order chi connectivity index (χ1) is 21.0. The van der Waals surface area contributed by atoms with E-state index in [1.54, 1.807) is 0 Å². The van der Waals surface area contributed by atoms with Crippen LogP contribution in [0.4, 0.5) is 0 Å². The molecule has 258 valence electrons. The molecule has 1 aromatic rings. The van der Waals surface area contributed by atoms with Crippen LogP contribution in [0, 0.1) is 0 Å². The third-order valence-corrected chi connectivity index (χ3v) is 8.15. The maximum Gasteiger partial charge on any atom is 0.306 e. The molecular weight excluding hydrogens is 566 g/mol. The number of esters is 1. The molecule has 2 rings (SSSR count). The van der Waals surface area contributed by atoms with E-state index in [0.29, 0.717) is 19.4 Å². The van der Waals surface area contributed by atoms with Gasteiger partial charge in [0, 0.05) is 19.4 Å². The third kappa shape index (κ3) is 20.7. The van der Waals surface area contributed by atoms with Crippen molar-refractivity contribution in [1.29, 1.82) is 0 Å². The summed E-state index contributed by atoms with van der Waals surface area (Å²) in [7, 11) is 0. The lowest BCUT2D eigenvalue weighted by atomic mass is 10.0. The van der Waals surface area contributed by atoms with Crippen molar-refractivity contribution in [2.45, 2.75) is 169 Å². The summed E-state index contributed by atoms with van der Waals surface area (Å²) in [5, 5.41) is 8.30. The Bertz CT molecular complexity index is 924. The van der Waals surface area contributed by atoms with Crippen molar-refractivity contribution in [2.24, 2.45) is 0 Å². The second-order valence-corrected chi connectivity index (χ2v) is 12.0. The Kier molecular flexibility index (Phi) is 25.6. The van der Waals surface area contributed by atoms with Crippen LogP contribution in [0.15, 0.2) is 30.3 Å². The van der Waals surface area contributed by atoms with Crippen LogP contribution in [0.25, 0.3) is 0 Å². The van der Waals surface area contributed by atoms with Gasteiger partial charge in [0.2, 0.25) is 17.7 Å². The summed E-state index contributed by atoms with van der Waals surface area (Å²) >= 11 is 0. The van der Waals surface area contributed by atoms with Crippen molar-refractivity contribution in [1.82, 2.24) is 16.0 Å². The summed E-state index contributed by atoms with van der Waals surface area (Å²) in [4.78, 5) is 49.5. The number of rotatable bonds is 25. The standard InChI is InChI=1S/C35H57N3O5.2CH4/c1-2-3-4-5-6-7-8-9-10-11-12-13-14-15-16-20-27-36-34(41)30(38-35(42)31-23-25-32(39)37-31)24-26-33(40)43-28-29-21-18-17-19-22-29;;/h17-19,21-22,30-31H,2-16,20,23-28H2,1H3,(H,36,41)(H,37,39)(H,38,42);2*1H4. The molecule has 1 aliphatic rings. The molecular formula is C37H65N3O5. The number of unbranched alkanes of at least 4 members (excludes halogenated alkanes) is 15. The molecule has 1 saturated heterocycles. The predicted octanol–water partition coefficient (Wildman–Crippen LogP) is 7.92. The van der Waals surface area contributed by atoms with Gasteiger partial charge in [0.25, 0.3) is 0 Å². The Morgan fingerprint density at radius 3 is 1.87 bits per heavy atom. The third-order valence-electron chi connectivity index (χ3n) is 8.15. The highest BCUT2D eigenvalue weighted by Crippen LogP contribution is 2.14. The number of hydrogen-bond acceptors (Lipinski definition) is 5. The average molecular weight is 632 g/mol. The van der Waals surface area contributed by atoms with Gasteiger partial charge in [-0.25, -0.2) is 0 Å². The number of benzene rings is 1. The van der Waals surface area contributed by atoms with Crippen LogP contribution in [-0.4, -0.2) is 42.3 Å². The van der Waals surface area contributed by atoms with Crippen LogP contribution >= 0.6 is 0 Å². The van der Waals surface area contributed by atoms with E-state index in [2.05, 4.69) is 22.9 Å². The first kappa shape index (κ1) is 42.1. The second-order valence-electron chi connectivity index (χ2n) is 12.0. The molecule has 1 aromatic carbocycles. The molecule has 2 unspecified atom stereocenters. The van der Waals surface area contributed by atoms with E-state index in [1.807, 2.05) is 30.3 Å². The van der Waals surface area contributed by atoms with Crippen LogP contribution in [-0.2, 0) is 30.5 Å². The lowest BCUT2D eigenvalue weighted by Gasteiger charge is -2.20. The van der Waals surface area contributed by atoms with E-state index >= 15 is 0 Å². The average Bonchev–Trinajstić information content (AvgIpc) is 3.46. The lowest BCUT2D eigenvalue weighted by molar-refractivity contribution is -0.145. The molecule has 0 aliphatic carbocycles. The topological polar surface area (TPSA) is 114 Å². The second kappa shape index (κ2) is 27.4. The molecule has 1 fully saturated rings. The quantitative estimate of drug-likeness (QED) is 0.0749. The smallest absolute Gasteiger partial charge is 0.306 e. The predicted molar refractivity (Wildman–Crippen MR) is 185 cm³/mol.